The highest BCUT2D eigenvalue weighted by Crippen LogP contribution is 2.16. The van der Waals surface area contributed by atoms with Gasteiger partial charge in [0.05, 0.1) is 6.42 Å². The van der Waals surface area contributed by atoms with Gasteiger partial charge in [0.2, 0.25) is 5.91 Å². The number of benzene rings is 1. The highest BCUT2D eigenvalue weighted by atomic mass is 19.1. The van der Waals surface area contributed by atoms with Gasteiger partial charge >= 0.3 is 0 Å². The minimum absolute atomic E-state index is 0.0263. The van der Waals surface area contributed by atoms with Gasteiger partial charge in [0, 0.05) is 17.8 Å². The second-order valence-corrected chi connectivity index (χ2v) is 5.04. The first-order valence-corrected chi connectivity index (χ1v) is 6.63. The maximum Gasteiger partial charge on any atom is 0.230 e. The molecule has 0 spiro atoms. The van der Waals surface area contributed by atoms with Gasteiger partial charge in [0.25, 0.3) is 0 Å². The Kier molecular flexibility index (Phi) is 4.51. The zero-order chi connectivity index (χ0) is 16.3. The quantitative estimate of drug-likeness (QED) is 0.944. The van der Waals surface area contributed by atoms with E-state index in [1.54, 1.807) is 0 Å². The van der Waals surface area contributed by atoms with Crippen LogP contribution in [0.5, 0.6) is 0 Å². The van der Waals surface area contributed by atoms with Crippen molar-refractivity contribution < 1.29 is 13.6 Å². The number of nitrogens with zero attached hydrogens (tertiary/aromatic N) is 3. The highest BCUT2D eigenvalue weighted by molar-refractivity contribution is 5.92. The molecular formula is C15H14F2N4O. The number of carbonyl (C=O) groups excluding carboxylic acids is 1. The monoisotopic (exact) mass is 304 g/mol. The van der Waals surface area contributed by atoms with E-state index in [0.29, 0.717) is 0 Å². The van der Waals surface area contributed by atoms with Crippen molar-refractivity contribution in [1.29, 1.82) is 5.26 Å². The van der Waals surface area contributed by atoms with Gasteiger partial charge < -0.3 is 5.32 Å². The first-order valence-electron chi connectivity index (χ1n) is 6.63. The third-order valence-electron chi connectivity index (χ3n) is 3.00. The van der Waals surface area contributed by atoms with Gasteiger partial charge in [-0.05, 0) is 32.0 Å². The van der Waals surface area contributed by atoms with E-state index < -0.39 is 17.5 Å². The van der Waals surface area contributed by atoms with Crippen LogP contribution in [0.2, 0.25) is 0 Å². The van der Waals surface area contributed by atoms with Gasteiger partial charge in [-0.15, -0.1) is 0 Å². The third kappa shape index (κ3) is 3.47. The first kappa shape index (κ1) is 15.6. The first-order chi connectivity index (χ1) is 10.4. The molecule has 0 fully saturated rings. The summed E-state index contributed by atoms with van der Waals surface area (Å²) in [5.41, 5.74) is 0.154. The van der Waals surface area contributed by atoms with Gasteiger partial charge in [-0.1, -0.05) is 0 Å². The molecule has 1 heterocycles. The fourth-order valence-electron chi connectivity index (χ4n) is 1.86. The average molecular weight is 304 g/mol. The highest BCUT2D eigenvalue weighted by Gasteiger charge is 2.15. The van der Waals surface area contributed by atoms with Crippen molar-refractivity contribution in [3.05, 3.63) is 47.2 Å². The second-order valence-electron chi connectivity index (χ2n) is 5.04. The summed E-state index contributed by atoms with van der Waals surface area (Å²) >= 11 is 0. The molecule has 22 heavy (non-hydrogen) atoms. The molecule has 1 amide bonds. The molecule has 0 saturated heterocycles. The minimum atomic E-state index is -0.662. The molecule has 5 nitrogen and oxygen atoms in total. The topological polar surface area (TPSA) is 70.7 Å². The van der Waals surface area contributed by atoms with Crippen molar-refractivity contribution in [1.82, 2.24) is 9.78 Å². The molecule has 2 rings (SSSR count). The molecule has 2 aromatic rings. The van der Waals surface area contributed by atoms with Crippen LogP contribution in [-0.2, 0) is 11.2 Å². The van der Waals surface area contributed by atoms with Gasteiger partial charge in [0.15, 0.2) is 5.82 Å². The zero-order valence-electron chi connectivity index (χ0n) is 12.1. The number of hydrogen-bond donors (Lipinski definition) is 1. The maximum atomic E-state index is 13.5. The van der Waals surface area contributed by atoms with Crippen LogP contribution in [0, 0.1) is 23.0 Å². The van der Waals surface area contributed by atoms with Crippen LogP contribution in [-0.4, -0.2) is 15.7 Å². The van der Waals surface area contributed by atoms with E-state index in [1.165, 1.54) is 10.9 Å². The van der Waals surface area contributed by atoms with E-state index >= 15 is 0 Å². The lowest BCUT2D eigenvalue weighted by molar-refractivity contribution is -0.115. The van der Waals surface area contributed by atoms with E-state index in [9.17, 15) is 13.6 Å². The van der Waals surface area contributed by atoms with Crippen molar-refractivity contribution >= 4 is 11.7 Å². The van der Waals surface area contributed by atoms with Crippen LogP contribution in [0.4, 0.5) is 14.6 Å². The second kappa shape index (κ2) is 6.35. The van der Waals surface area contributed by atoms with Crippen molar-refractivity contribution in [2.24, 2.45) is 0 Å². The maximum absolute atomic E-state index is 13.5. The van der Waals surface area contributed by atoms with Crippen molar-refractivity contribution in [3.8, 4) is 6.07 Å². The number of hydrogen-bond acceptors (Lipinski definition) is 3. The summed E-state index contributed by atoms with van der Waals surface area (Å²) in [4.78, 5) is 11.9. The molecule has 1 aromatic heterocycles. The number of nitriles is 1. The Morgan fingerprint density at radius 2 is 2.18 bits per heavy atom. The number of anilines is 1. The molecule has 1 N–H and O–H groups in total. The smallest absolute Gasteiger partial charge is 0.230 e. The Bertz CT molecular complexity index is 746. The molecule has 0 saturated carbocycles. The summed E-state index contributed by atoms with van der Waals surface area (Å²) in [7, 11) is 0. The molecule has 0 aliphatic rings. The normalized spacial score (nSPS) is 10.5. The van der Waals surface area contributed by atoms with Crippen molar-refractivity contribution in [3.63, 3.8) is 0 Å². The van der Waals surface area contributed by atoms with Crippen LogP contribution >= 0.6 is 0 Å². The number of halogens is 2. The summed E-state index contributed by atoms with van der Waals surface area (Å²) in [6.07, 6.45) is 1.17. The van der Waals surface area contributed by atoms with Crippen LogP contribution in [0.15, 0.2) is 24.4 Å². The summed E-state index contributed by atoms with van der Waals surface area (Å²) in [6.45, 7) is 3.75. The molecule has 0 radical (unpaired) electrons. The van der Waals surface area contributed by atoms with Gasteiger partial charge in [-0.2, -0.15) is 10.4 Å². The van der Waals surface area contributed by atoms with Gasteiger partial charge in [-0.25, -0.2) is 8.78 Å². The van der Waals surface area contributed by atoms with E-state index in [4.69, 9.17) is 5.26 Å². The van der Waals surface area contributed by atoms with Gasteiger partial charge in [-0.3, -0.25) is 9.48 Å². The molecule has 0 unspecified atom stereocenters. The number of rotatable bonds is 4. The Hall–Kier alpha value is -2.75. The summed E-state index contributed by atoms with van der Waals surface area (Å²) in [5, 5.41) is 15.6. The van der Waals surface area contributed by atoms with E-state index in [0.717, 1.165) is 18.2 Å². The standard InChI is InChI=1S/C15H14F2N4O/c1-9(2)21-8-11(7-18)15(20-21)19-14(22)6-10-5-12(16)3-4-13(10)17/h3-5,8-9H,6H2,1-2H3,(H,19,20,22). The van der Waals surface area contributed by atoms with E-state index in [-0.39, 0.29) is 29.4 Å². The Labute approximate surface area is 126 Å². The van der Waals surface area contributed by atoms with Crippen LogP contribution < -0.4 is 5.32 Å². The number of nitrogens with one attached hydrogen (secondary N) is 1. The molecular weight excluding hydrogens is 290 g/mol. The molecule has 0 bridgehead atoms. The minimum Gasteiger partial charge on any atom is -0.308 e. The molecule has 7 heteroatoms. The van der Waals surface area contributed by atoms with Crippen LogP contribution in [0.25, 0.3) is 0 Å². The lowest BCUT2D eigenvalue weighted by Gasteiger charge is -2.05. The van der Waals surface area contributed by atoms with E-state index in [2.05, 4.69) is 10.4 Å². The molecule has 0 atom stereocenters. The number of amides is 1. The predicted molar refractivity (Wildman–Crippen MR) is 76.0 cm³/mol. The summed E-state index contributed by atoms with van der Waals surface area (Å²) in [5.74, 6) is -1.75. The van der Waals surface area contributed by atoms with Crippen LogP contribution in [0.3, 0.4) is 0 Å². The molecule has 114 valence electrons. The Morgan fingerprint density at radius 1 is 1.45 bits per heavy atom. The lowest BCUT2D eigenvalue weighted by Crippen LogP contribution is -2.16. The third-order valence-corrected chi connectivity index (χ3v) is 3.00. The average Bonchev–Trinajstić information content (AvgIpc) is 2.86. The Balaban J connectivity index is 2.16. The number of aromatic nitrogens is 2. The SMILES string of the molecule is CC(C)n1cc(C#N)c(NC(=O)Cc2cc(F)ccc2F)n1. The lowest BCUT2D eigenvalue weighted by atomic mass is 10.1. The Morgan fingerprint density at radius 3 is 2.82 bits per heavy atom. The molecule has 0 aliphatic heterocycles. The van der Waals surface area contributed by atoms with E-state index in [1.807, 2.05) is 19.9 Å². The number of carbonyl (C=O) groups is 1. The van der Waals surface area contributed by atoms with Crippen molar-refractivity contribution in [2.45, 2.75) is 26.3 Å². The summed E-state index contributed by atoms with van der Waals surface area (Å²) < 4.78 is 28.1. The fraction of sp³-hybridized carbons (Fsp3) is 0.267. The molecule has 1 aromatic carbocycles. The summed E-state index contributed by atoms with van der Waals surface area (Å²) in [6, 6.07) is 4.87. The predicted octanol–water partition coefficient (Wildman–Crippen LogP) is 2.80. The molecule has 0 aliphatic carbocycles. The van der Waals surface area contributed by atoms with Crippen molar-refractivity contribution in [2.75, 3.05) is 5.32 Å². The largest absolute Gasteiger partial charge is 0.308 e. The fourth-order valence-corrected chi connectivity index (χ4v) is 1.86. The zero-order valence-corrected chi connectivity index (χ0v) is 12.1. The van der Waals surface area contributed by atoms with Gasteiger partial charge in [0.1, 0.15) is 23.3 Å². The van der Waals surface area contributed by atoms with Crippen LogP contribution in [0.1, 0.15) is 31.0 Å².